The fourth-order valence-electron chi connectivity index (χ4n) is 2.39. The molecule has 2 unspecified atom stereocenters. The van der Waals surface area contributed by atoms with Crippen molar-refractivity contribution in [2.75, 3.05) is 30.7 Å². The van der Waals surface area contributed by atoms with E-state index in [1.165, 1.54) is 0 Å². The molecule has 1 fully saturated rings. The van der Waals surface area contributed by atoms with Crippen molar-refractivity contribution in [1.29, 1.82) is 0 Å². The number of amides is 1. The molecule has 1 heterocycles. The van der Waals surface area contributed by atoms with E-state index < -0.39 is 0 Å². The van der Waals surface area contributed by atoms with Gasteiger partial charge in [-0.25, -0.2) is 0 Å². The third-order valence-electron chi connectivity index (χ3n) is 3.60. The summed E-state index contributed by atoms with van der Waals surface area (Å²) in [5.41, 5.74) is 6.82. The molecule has 0 radical (unpaired) electrons. The van der Waals surface area contributed by atoms with Gasteiger partial charge in [0.2, 0.25) is 5.91 Å². The number of hydrogen-bond acceptors (Lipinski definition) is 4. The summed E-state index contributed by atoms with van der Waals surface area (Å²) >= 11 is 5.88. The minimum Gasteiger partial charge on any atom is -0.397 e. The molecule has 5 nitrogen and oxygen atoms in total. The molecule has 2 atom stereocenters. The van der Waals surface area contributed by atoms with E-state index in [0.717, 1.165) is 13.1 Å². The molecular formula is C14H20ClN3O2. The lowest BCUT2D eigenvalue weighted by Crippen LogP contribution is -2.45. The van der Waals surface area contributed by atoms with Crippen LogP contribution in [0.2, 0.25) is 5.02 Å². The molecule has 110 valence electrons. The first kappa shape index (κ1) is 15.1. The first-order valence-corrected chi connectivity index (χ1v) is 7.09. The van der Waals surface area contributed by atoms with Gasteiger partial charge < -0.3 is 16.2 Å². The lowest BCUT2D eigenvalue weighted by molar-refractivity contribution is -0.118. The van der Waals surface area contributed by atoms with Crippen LogP contribution in [0.4, 0.5) is 11.4 Å². The Bertz CT molecular complexity index is 495. The summed E-state index contributed by atoms with van der Waals surface area (Å²) < 4.78 is 0. The monoisotopic (exact) mass is 297 g/mol. The molecule has 1 aromatic carbocycles. The van der Waals surface area contributed by atoms with Gasteiger partial charge >= 0.3 is 0 Å². The van der Waals surface area contributed by atoms with Crippen molar-refractivity contribution >= 4 is 28.9 Å². The van der Waals surface area contributed by atoms with E-state index in [1.54, 1.807) is 18.2 Å². The summed E-state index contributed by atoms with van der Waals surface area (Å²) in [6.07, 6.45) is 0.436. The highest BCUT2D eigenvalue weighted by Crippen LogP contribution is 2.23. The summed E-state index contributed by atoms with van der Waals surface area (Å²) in [5.74, 6) is 0.0651. The van der Waals surface area contributed by atoms with Crippen molar-refractivity contribution in [3.05, 3.63) is 23.2 Å². The second-order valence-electron chi connectivity index (χ2n) is 5.35. The Hall–Kier alpha value is -1.30. The Labute approximate surface area is 123 Å². The number of carbonyl (C=O) groups is 1. The smallest absolute Gasteiger partial charge is 0.238 e. The molecule has 2 rings (SSSR count). The average molecular weight is 298 g/mol. The van der Waals surface area contributed by atoms with Gasteiger partial charge in [0.05, 0.1) is 24.0 Å². The summed E-state index contributed by atoms with van der Waals surface area (Å²) in [6.45, 7) is 3.73. The highest BCUT2D eigenvalue weighted by molar-refractivity contribution is 6.31. The van der Waals surface area contributed by atoms with Gasteiger partial charge in [-0.3, -0.25) is 9.69 Å². The number of halogens is 1. The van der Waals surface area contributed by atoms with Gasteiger partial charge in [0.25, 0.3) is 0 Å². The Kier molecular flexibility index (Phi) is 4.86. The maximum absolute atomic E-state index is 12.0. The number of nitrogens with zero attached hydrogens (tertiary/aromatic N) is 1. The SMILES string of the molecule is CC1CN(CC(=O)Nc2cc(Cl)ccc2N)CCC1O. The molecule has 0 aliphatic carbocycles. The van der Waals surface area contributed by atoms with Crippen LogP contribution in [-0.4, -0.2) is 41.7 Å². The number of anilines is 2. The van der Waals surface area contributed by atoms with Crippen molar-refractivity contribution in [3.63, 3.8) is 0 Å². The zero-order valence-electron chi connectivity index (χ0n) is 11.5. The average Bonchev–Trinajstić information content (AvgIpc) is 2.38. The van der Waals surface area contributed by atoms with Crippen LogP contribution in [0.5, 0.6) is 0 Å². The quantitative estimate of drug-likeness (QED) is 0.740. The largest absolute Gasteiger partial charge is 0.397 e. The minimum atomic E-state index is -0.266. The summed E-state index contributed by atoms with van der Waals surface area (Å²) in [7, 11) is 0. The zero-order valence-corrected chi connectivity index (χ0v) is 12.2. The van der Waals surface area contributed by atoms with E-state index in [0.29, 0.717) is 29.4 Å². The number of likely N-dealkylation sites (tertiary alicyclic amines) is 1. The number of nitrogens with one attached hydrogen (secondary N) is 1. The van der Waals surface area contributed by atoms with Crippen LogP contribution in [0.1, 0.15) is 13.3 Å². The van der Waals surface area contributed by atoms with E-state index in [4.69, 9.17) is 17.3 Å². The summed E-state index contributed by atoms with van der Waals surface area (Å²) in [4.78, 5) is 14.1. The molecule has 0 saturated carbocycles. The fraction of sp³-hybridized carbons (Fsp3) is 0.500. The van der Waals surface area contributed by atoms with Gasteiger partial charge in [-0.1, -0.05) is 18.5 Å². The van der Waals surface area contributed by atoms with Crippen LogP contribution in [0.3, 0.4) is 0 Å². The second-order valence-corrected chi connectivity index (χ2v) is 5.78. The lowest BCUT2D eigenvalue weighted by Gasteiger charge is -2.33. The molecule has 0 aromatic heterocycles. The van der Waals surface area contributed by atoms with Gasteiger partial charge in [0, 0.05) is 18.1 Å². The Morgan fingerprint density at radius 2 is 2.35 bits per heavy atom. The van der Waals surface area contributed by atoms with Crippen LogP contribution in [-0.2, 0) is 4.79 Å². The zero-order chi connectivity index (χ0) is 14.7. The van der Waals surface area contributed by atoms with Crippen molar-refractivity contribution in [2.45, 2.75) is 19.4 Å². The molecule has 0 bridgehead atoms. The van der Waals surface area contributed by atoms with Gasteiger partial charge in [-0.2, -0.15) is 0 Å². The lowest BCUT2D eigenvalue weighted by atomic mass is 9.97. The fourth-order valence-corrected chi connectivity index (χ4v) is 2.56. The molecule has 6 heteroatoms. The number of aliphatic hydroxyl groups excluding tert-OH is 1. The Morgan fingerprint density at radius 1 is 1.60 bits per heavy atom. The number of nitrogens with two attached hydrogens (primary N) is 1. The third kappa shape index (κ3) is 3.85. The molecule has 1 saturated heterocycles. The molecule has 1 aliphatic rings. The molecule has 20 heavy (non-hydrogen) atoms. The Morgan fingerprint density at radius 3 is 3.05 bits per heavy atom. The molecule has 1 aromatic rings. The standard InChI is InChI=1S/C14H20ClN3O2/c1-9-7-18(5-4-13(9)19)8-14(20)17-12-6-10(15)2-3-11(12)16/h2-3,6,9,13,19H,4-5,7-8,16H2,1H3,(H,17,20). The first-order chi connectivity index (χ1) is 9.45. The minimum absolute atomic E-state index is 0.123. The molecule has 1 amide bonds. The van der Waals surface area contributed by atoms with Gasteiger partial charge in [0.15, 0.2) is 0 Å². The number of rotatable bonds is 3. The third-order valence-corrected chi connectivity index (χ3v) is 3.84. The summed E-state index contributed by atoms with van der Waals surface area (Å²) in [5, 5.41) is 13.0. The number of aliphatic hydroxyl groups is 1. The molecular weight excluding hydrogens is 278 g/mol. The predicted molar refractivity (Wildman–Crippen MR) is 80.7 cm³/mol. The molecule has 1 aliphatic heterocycles. The van der Waals surface area contributed by atoms with E-state index in [1.807, 2.05) is 11.8 Å². The number of nitrogen functional groups attached to an aromatic ring is 1. The van der Waals surface area contributed by atoms with Crippen LogP contribution in [0.15, 0.2) is 18.2 Å². The second kappa shape index (κ2) is 6.43. The van der Waals surface area contributed by atoms with Crippen LogP contribution < -0.4 is 11.1 Å². The maximum atomic E-state index is 12.0. The van der Waals surface area contributed by atoms with Crippen molar-refractivity contribution in [1.82, 2.24) is 4.90 Å². The topological polar surface area (TPSA) is 78.6 Å². The molecule has 0 spiro atoms. The highest BCUT2D eigenvalue weighted by atomic mass is 35.5. The van der Waals surface area contributed by atoms with E-state index in [-0.39, 0.29) is 17.9 Å². The van der Waals surface area contributed by atoms with Gasteiger partial charge in [-0.05, 0) is 30.5 Å². The van der Waals surface area contributed by atoms with Crippen molar-refractivity contribution in [2.24, 2.45) is 5.92 Å². The van der Waals surface area contributed by atoms with Gasteiger partial charge in [0.1, 0.15) is 0 Å². The van der Waals surface area contributed by atoms with Gasteiger partial charge in [-0.15, -0.1) is 0 Å². The van der Waals surface area contributed by atoms with E-state index in [2.05, 4.69) is 5.32 Å². The van der Waals surface area contributed by atoms with Crippen LogP contribution >= 0.6 is 11.6 Å². The van der Waals surface area contributed by atoms with Crippen LogP contribution in [0, 0.1) is 5.92 Å². The van der Waals surface area contributed by atoms with Crippen LogP contribution in [0.25, 0.3) is 0 Å². The summed E-state index contributed by atoms with van der Waals surface area (Å²) in [6, 6.07) is 4.98. The Balaban J connectivity index is 1.91. The first-order valence-electron chi connectivity index (χ1n) is 6.71. The number of piperidine rings is 1. The van der Waals surface area contributed by atoms with Crippen molar-refractivity contribution in [3.8, 4) is 0 Å². The van der Waals surface area contributed by atoms with Crippen molar-refractivity contribution < 1.29 is 9.90 Å². The number of benzene rings is 1. The highest BCUT2D eigenvalue weighted by Gasteiger charge is 2.25. The number of hydrogen-bond donors (Lipinski definition) is 3. The van der Waals surface area contributed by atoms with E-state index >= 15 is 0 Å². The molecule has 4 N–H and O–H groups in total. The maximum Gasteiger partial charge on any atom is 0.238 e. The number of carbonyl (C=O) groups excluding carboxylic acids is 1. The normalized spacial score (nSPS) is 23.6. The predicted octanol–water partition coefficient (Wildman–Crippen LogP) is 1.56. The van der Waals surface area contributed by atoms with E-state index in [9.17, 15) is 9.90 Å².